The third-order valence-corrected chi connectivity index (χ3v) is 4.01. The smallest absolute Gasteiger partial charge is 0.334 e. The lowest BCUT2D eigenvalue weighted by atomic mass is 10.2. The Morgan fingerprint density at radius 1 is 0.960 bits per heavy atom. The quantitative estimate of drug-likeness (QED) is 0.273. The van der Waals surface area contributed by atoms with E-state index in [0.717, 1.165) is 0 Å². The standard InChI is InChI=1S/C11H10F7N3O3S/c1-4(2)3-19-11(22)20(17)21(18)25(23,24)10-8(15)6(13)5(12)7(14)9(10)16/h4H,3H2,1-2H3,(H,19,22). The average Bonchev–Trinajstić information content (AvgIpc) is 2.54. The second kappa shape index (κ2) is 7.43. The summed E-state index contributed by atoms with van der Waals surface area (Å²) in [7, 11) is -6.28. The highest BCUT2D eigenvalue weighted by Crippen LogP contribution is 2.29. The molecule has 142 valence electrons. The SMILES string of the molecule is CC(C)CNC(=O)N(F)N(F)S(=O)(=O)c1c(F)c(F)c(F)c(F)c1F. The maximum Gasteiger partial charge on any atom is 0.364 e. The molecule has 0 aliphatic heterocycles. The van der Waals surface area contributed by atoms with E-state index >= 15 is 0 Å². The minimum absolute atomic E-state index is 0.240. The molecule has 0 radical (unpaired) electrons. The number of hydrazine groups is 1. The highest BCUT2D eigenvalue weighted by molar-refractivity contribution is 7.89. The number of carbonyl (C=O) groups excluding carboxylic acids is 1. The second-order valence-electron chi connectivity index (χ2n) is 4.94. The zero-order chi connectivity index (χ0) is 19.7. The van der Waals surface area contributed by atoms with E-state index < -0.39 is 59.9 Å². The molecule has 6 nitrogen and oxygen atoms in total. The second-order valence-corrected chi connectivity index (χ2v) is 6.60. The van der Waals surface area contributed by atoms with Crippen LogP contribution in [0, 0.1) is 35.0 Å². The summed E-state index contributed by atoms with van der Waals surface area (Å²) in [5.74, 6) is -14.2. The van der Waals surface area contributed by atoms with Gasteiger partial charge in [0.15, 0.2) is 28.2 Å². The Balaban J connectivity index is 3.32. The number of hydrogen-bond acceptors (Lipinski definition) is 3. The molecule has 25 heavy (non-hydrogen) atoms. The van der Waals surface area contributed by atoms with E-state index in [1.54, 1.807) is 19.2 Å². The van der Waals surface area contributed by atoms with Gasteiger partial charge in [-0.05, 0) is 11.1 Å². The zero-order valence-corrected chi connectivity index (χ0v) is 13.3. The van der Waals surface area contributed by atoms with Gasteiger partial charge in [0.2, 0.25) is 5.82 Å². The van der Waals surface area contributed by atoms with E-state index in [4.69, 9.17) is 0 Å². The number of benzene rings is 1. The molecule has 1 N–H and O–H groups in total. The van der Waals surface area contributed by atoms with Gasteiger partial charge in [0, 0.05) is 6.54 Å². The van der Waals surface area contributed by atoms with Crippen LogP contribution in [0.1, 0.15) is 13.8 Å². The first-order chi connectivity index (χ1) is 11.3. The van der Waals surface area contributed by atoms with Gasteiger partial charge in [0.1, 0.15) is 0 Å². The fourth-order valence-electron chi connectivity index (χ4n) is 1.41. The molecule has 14 heteroatoms. The number of rotatable bonds is 5. The first-order valence-electron chi connectivity index (χ1n) is 6.30. The zero-order valence-electron chi connectivity index (χ0n) is 12.5. The van der Waals surface area contributed by atoms with Crippen LogP contribution >= 0.6 is 0 Å². The van der Waals surface area contributed by atoms with Crippen LogP contribution in [0.4, 0.5) is 35.7 Å². The van der Waals surface area contributed by atoms with Crippen LogP contribution in [0.3, 0.4) is 0 Å². The third-order valence-electron chi connectivity index (χ3n) is 2.59. The number of urea groups is 1. The lowest BCUT2D eigenvalue weighted by Crippen LogP contribution is -2.46. The van der Waals surface area contributed by atoms with Gasteiger partial charge in [-0.15, -0.1) is 0 Å². The molecule has 0 unspecified atom stereocenters. The Morgan fingerprint density at radius 2 is 1.36 bits per heavy atom. The van der Waals surface area contributed by atoms with E-state index in [-0.39, 0.29) is 12.5 Å². The summed E-state index contributed by atoms with van der Waals surface area (Å²) in [4.78, 5) is 8.56. The molecule has 0 aliphatic carbocycles. The number of sulfonamides is 1. The third kappa shape index (κ3) is 3.95. The van der Waals surface area contributed by atoms with Gasteiger partial charge in [-0.2, -0.15) is 0 Å². The van der Waals surface area contributed by atoms with E-state index in [9.17, 15) is 44.1 Å². The van der Waals surface area contributed by atoms with Gasteiger partial charge in [-0.25, -0.2) is 35.2 Å². The van der Waals surface area contributed by atoms with Gasteiger partial charge in [0.05, 0.1) is 4.64 Å². The van der Waals surface area contributed by atoms with Crippen molar-refractivity contribution in [2.24, 2.45) is 5.92 Å². The van der Waals surface area contributed by atoms with Crippen LogP contribution in [0.15, 0.2) is 4.90 Å². The summed E-state index contributed by atoms with van der Waals surface area (Å²) in [5.41, 5.74) is 0. The van der Waals surface area contributed by atoms with Crippen LogP contribution in [-0.4, -0.2) is 30.9 Å². The molecule has 1 aromatic carbocycles. The largest absolute Gasteiger partial charge is 0.364 e. The summed E-state index contributed by atoms with van der Waals surface area (Å²) in [6.45, 7) is 2.85. The Morgan fingerprint density at radius 3 is 1.76 bits per heavy atom. The molecule has 0 fully saturated rings. The predicted molar refractivity (Wildman–Crippen MR) is 67.5 cm³/mol. The molecule has 1 aromatic rings. The monoisotopic (exact) mass is 397 g/mol. The van der Waals surface area contributed by atoms with Gasteiger partial charge in [-0.3, -0.25) is 0 Å². The van der Waals surface area contributed by atoms with Crippen molar-refractivity contribution in [3.05, 3.63) is 29.1 Å². The van der Waals surface area contributed by atoms with Gasteiger partial charge in [0.25, 0.3) is 10.0 Å². The molecule has 0 aliphatic rings. The highest BCUT2D eigenvalue weighted by Gasteiger charge is 2.42. The highest BCUT2D eigenvalue weighted by atomic mass is 32.2. The van der Waals surface area contributed by atoms with E-state index in [2.05, 4.69) is 0 Å². The summed E-state index contributed by atoms with van der Waals surface area (Å²) < 4.78 is 114. The first-order valence-corrected chi connectivity index (χ1v) is 7.74. The Hall–Kier alpha value is -2.09. The van der Waals surface area contributed by atoms with E-state index in [1.165, 1.54) is 0 Å². The van der Waals surface area contributed by atoms with Crippen molar-refractivity contribution in [2.45, 2.75) is 18.7 Å². The first kappa shape index (κ1) is 21.0. The molecular weight excluding hydrogens is 387 g/mol. The average molecular weight is 397 g/mol. The van der Waals surface area contributed by atoms with Crippen molar-refractivity contribution in [2.75, 3.05) is 6.54 Å². The molecule has 0 aromatic heterocycles. The summed E-state index contributed by atoms with van der Waals surface area (Å²) in [6.07, 6.45) is 0. The number of carbonyl (C=O) groups is 1. The number of amides is 2. The topological polar surface area (TPSA) is 69.7 Å². The Kier molecular flexibility index (Phi) is 6.23. The normalized spacial score (nSPS) is 12.0. The Bertz CT molecular complexity index is 759. The maximum absolute atomic E-state index is 13.6. The van der Waals surface area contributed by atoms with Gasteiger partial charge in [-0.1, -0.05) is 22.8 Å². The molecule has 0 heterocycles. The van der Waals surface area contributed by atoms with Crippen molar-refractivity contribution >= 4 is 16.1 Å². The van der Waals surface area contributed by atoms with Crippen molar-refractivity contribution < 1.29 is 44.1 Å². The molecule has 0 bridgehead atoms. The number of nitrogens with zero attached hydrogens (tertiary/aromatic N) is 2. The van der Waals surface area contributed by atoms with Crippen LogP contribution in [-0.2, 0) is 10.0 Å². The van der Waals surface area contributed by atoms with Gasteiger partial charge < -0.3 is 5.32 Å². The maximum atomic E-state index is 13.6. The molecule has 0 atom stereocenters. The molecule has 2 amide bonds. The summed E-state index contributed by atoms with van der Waals surface area (Å²) in [5, 5.41) is -0.0227. The molecule has 0 saturated carbocycles. The lowest BCUT2D eigenvalue weighted by molar-refractivity contribution is -0.164. The predicted octanol–water partition coefficient (Wildman–Crippen LogP) is 2.72. The summed E-state index contributed by atoms with van der Waals surface area (Å²) >= 11 is 0. The molecule has 0 spiro atoms. The van der Waals surface area contributed by atoms with Crippen molar-refractivity contribution in [1.82, 2.24) is 15.2 Å². The van der Waals surface area contributed by atoms with Crippen LogP contribution in [0.25, 0.3) is 0 Å². The number of hydrogen-bond donors (Lipinski definition) is 1. The van der Waals surface area contributed by atoms with E-state index in [1.807, 2.05) is 0 Å². The minimum Gasteiger partial charge on any atom is -0.334 e. The van der Waals surface area contributed by atoms with Crippen LogP contribution in [0.5, 0.6) is 0 Å². The Labute approximate surface area is 136 Å². The fraction of sp³-hybridized carbons (Fsp3) is 0.364. The van der Waals surface area contributed by atoms with Gasteiger partial charge >= 0.3 is 6.03 Å². The summed E-state index contributed by atoms with van der Waals surface area (Å²) in [6, 6.07) is -2.00. The van der Waals surface area contributed by atoms with Crippen LogP contribution < -0.4 is 5.32 Å². The minimum atomic E-state index is -6.28. The molecular formula is C11H10F7N3O3S. The lowest BCUT2D eigenvalue weighted by Gasteiger charge is -2.19. The number of nitrogens with one attached hydrogen (secondary N) is 1. The molecule has 1 rings (SSSR count). The fourth-order valence-corrected chi connectivity index (χ4v) is 2.45. The van der Waals surface area contributed by atoms with E-state index in [0.29, 0.717) is 0 Å². The van der Waals surface area contributed by atoms with Crippen molar-refractivity contribution in [3.63, 3.8) is 0 Å². The van der Waals surface area contributed by atoms with Crippen LogP contribution in [0.2, 0.25) is 0 Å². The molecule has 0 saturated heterocycles. The number of halogens is 7. The van der Waals surface area contributed by atoms with Crippen molar-refractivity contribution in [3.8, 4) is 0 Å². The van der Waals surface area contributed by atoms with Crippen molar-refractivity contribution in [1.29, 1.82) is 0 Å².